The second-order valence-electron chi connectivity index (χ2n) is 3.32. The van der Waals surface area contributed by atoms with Crippen molar-refractivity contribution in [2.75, 3.05) is 6.61 Å². The number of benzene rings is 1. The first-order valence-electron chi connectivity index (χ1n) is 5.10. The molecule has 1 heterocycles. The second-order valence-corrected chi connectivity index (χ2v) is 3.76. The van der Waals surface area contributed by atoms with Gasteiger partial charge in [0.1, 0.15) is 18.4 Å². The van der Waals surface area contributed by atoms with Crippen LogP contribution in [0.4, 0.5) is 0 Å². The van der Waals surface area contributed by atoms with E-state index in [9.17, 15) is 4.79 Å². The van der Waals surface area contributed by atoms with E-state index in [1.807, 2.05) is 0 Å². The Morgan fingerprint density at radius 2 is 2.11 bits per heavy atom. The van der Waals surface area contributed by atoms with E-state index >= 15 is 0 Å². The van der Waals surface area contributed by atoms with Crippen LogP contribution in [-0.4, -0.2) is 27.3 Å². The van der Waals surface area contributed by atoms with Gasteiger partial charge in [0, 0.05) is 5.02 Å². The van der Waals surface area contributed by atoms with Crippen molar-refractivity contribution in [3.63, 3.8) is 0 Å². The standard InChI is InChI=1S/C11H10ClN3O3/c12-9-1-3-10(4-2-9)17-5-11(16)18-8-15-7-13-6-14-15/h1-4,6-7H,5,8H2. The Bertz CT molecular complexity index is 499. The van der Waals surface area contributed by atoms with Gasteiger partial charge in [-0.1, -0.05) is 11.6 Å². The van der Waals surface area contributed by atoms with Crippen LogP contribution in [0.5, 0.6) is 5.75 Å². The first-order chi connectivity index (χ1) is 8.74. The fourth-order valence-electron chi connectivity index (χ4n) is 1.15. The lowest BCUT2D eigenvalue weighted by molar-refractivity contribution is -0.150. The number of carbonyl (C=O) groups is 1. The highest BCUT2D eigenvalue weighted by Gasteiger charge is 2.04. The zero-order valence-electron chi connectivity index (χ0n) is 9.32. The van der Waals surface area contributed by atoms with Gasteiger partial charge in [0.2, 0.25) is 0 Å². The lowest BCUT2D eigenvalue weighted by Gasteiger charge is -2.06. The van der Waals surface area contributed by atoms with E-state index in [2.05, 4.69) is 10.1 Å². The number of rotatable bonds is 5. The van der Waals surface area contributed by atoms with Crippen LogP contribution in [0.1, 0.15) is 0 Å². The number of nitrogens with zero attached hydrogens (tertiary/aromatic N) is 3. The fraction of sp³-hybridized carbons (Fsp3) is 0.182. The van der Waals surface area contributed by atoms with Crippen molar-refractivity contribution in [1.29, 1.82) is 0 Å². The molecule has 18 heavy (non-hydrogen) atoms. The van der Waals surface area contributed by atoms with Crippen molar-refractivity contribution in [1.82, 2.24) is 14.8 Å². The normalized spacial score (nSPS) is 10.1. The average Bonchev–Trinajstić information content (AvgIpc) is 2.89. The van der Waals surface area contributed by atoms with E-state index in [0.29, 0.717) is 10.8 Å². The number of aromatic nitrogens is 3. The third-order valence-electron chi connectivity index (χ3n) is 1.99. The zero-order valence-corrected chi connectivity index (χ0v) is 10.1. The van der Waals surface area contributed by atoms with E-state index in [0.717, 1.165) is 0 Å². The van der Waals surface area contributed by atoms with Crippen molar-refractivity contribution in [2.24, 2.45) is 0 Å². The van der Waals surface area contributed by atoms with Gasteiger partial charge in [-0.05, 0) is 24.3 Å². The molecule has 6 nitrogen and oxygen atoms in total. The summed E-state index contributed by atoms with van der Waals surface area (Å²) in [4.78, 5) is 15.1. The van der Waals surface area contributed by atoms with Crippen molar-refractivity contribution in [2.45, 2.75) is 6.73 Å². The molecule has 0 aliphatic heterocycles. The molecule has 2 aromatic rings. The molecule has 0 bridgehead atoms. The SMILES string of the molecule is O=C(COc1ccc(Cl)cc1)OCn1cncn1. The highest BCUT2D eigenvalue weighted by molar-refractivity contribution is 6.30. The lowest BCUT2D eigenvalue weighted by atomic mass is 10.3. The molecule has 7 heteroatoms. The minimum atomic E-state index is -0.486. The summed E-state index contributed by atoms with van der Waals surface area (Å²) in [5.41, 5.74) is 0. The number of ether oxygens (including phenoxy) is 2. The summed E-state index contributed by atoms with van der Waals surface area (Å²) in [6.07, 6.45) is 2.81. The third-order valence-corrected chi connectivity index (χ3v) is 2.25. The minimum absolute atomic E-state index is 0.0167. The Labute approximate surface area is 108 Å². The predicted octanol–water partition coefficient (Wildman–Crippen LogP) is 1.51. The number of halogens is 1. The molecule has 1 aromatic heterocycles. The maximum absolute atomic E-state index is 11.3. The number of hydrogen-bond acceptors (Lipinski definition) is 5. The molecular weight excluding hydrogens is 258 g/mol. The first-order valence-corrected chi connectivity index (χ1v) is 5.48. The molecule has 0 spiro atoms. The highest BCUT2D eigenvalue weighted by Crippen LogP contribution is 2.15. The van der Waals surface area contributed by atoms with Gasteiger partial charge in [-0.2, -0.15) is 5.10 Å². The number of carbonyl (C=O) groups excluding carboxylic acids is 1. The molecule has 0 aliphatic rings. The van der Waals surface area contributed by atoms with E-state index in [-0.39, 0.29) is 13.3 Å². The molecule has 0 N–H and O–H groups in total. The van der Waals surface area contributed by atoms with Gasteiger partial charge in [-0.25, -0.2) is 14.5 Å². The molecular formula is C11H10ClN3O3. The first kappa shape index (κ1) is 12.4. The Kier molecular flexibility index (Phi) is 4.14. The molecule has 0 saturated carbocycles. The molecule has 0 amide bonds. The van der Waals surface area contributed by atoms with Gasteiger partial charge >= 0.3 is 5.97 Å². The average molecular weight is 268 g/mol. The van der Waals surface area contributed by atoms with Gasteiger partial charge in [0.15, 0.2) is 13.3 Å². The Morgan fingerprint density at radius 1 is 1.33 bits per heavy atom. The molecule has 2 rings (SSSR count). The topological polar surface area (TPSA) is 66.2 Å². The summed E-state index contributed by atoms with van der Waals surface area (Å²) in [5.74, 6) is 0.0672. The lowest BCUT2D eigenvalue weighted by Crippen LogP contribution is -2.17. The molecule has 0 fully saturated rings. The van der Waals surface area contributed by atoms with Crippen LogP contribution in [0.15, 0.2) is 36.9 Å². The zero-order chi connectivity index (χ0) is 12.8. The van der Waals surface area contributed by atoms with Crippen LogP contribution >= 0.6 is 11.6 Å². The van der Waals surface area contributed by atoms with Crippen LogP contribution in [0.25, 0.3) is 0 Å². The molecule has 0 saturated heterocycles. The molecule has 0 atom stereocenters. The quantitative estimate of drug-likeness (QED) is 0.768. The molecule has 94 valence electrons. The number of esters is 1. The van der Waals surface area contributed by atoms with Crippen molar-refractivity contribution in [3.05, 3.63) is 41.9 Å². The maximum atomic E-state index is 11.3. The van der Waals surface area contributed by atoms with Crippen LogP contribution in [-0.2, 0) is 16.3 Å². The summed E-state index contributed by atoms with van der Waals surface area (Å²) in [6, 6.07) is 6.70. The molecule has 1 aromatic carbocycles. The van der Waals surface area contributed by atoms with Crippen LogP contribution in [0.3, 0.4) is 0 Å². The summed E-state index contributed by atoms with van der Waals surface area (Å²) in [7, 11) is 0. The van der Waals surface area contributed by atoms with Gasteiger partial charge in [0.05, 0.1) is 0 Å². The summed E-state index contributed by atoms with van der Waals surface area (Å²) in [5, 5.41) is 4.40. The highest BCUT2D eigenvalue weighted by atomic mass is 35.5. The Morgan fingerprint density at radius 3 is 2.78 bits per heavy atom. The summed E-state index contributed by atoms with van der Waals surface area (Å²) >= 11 is 5.72. The van der Waals surface area contributed by atoms with E-state index < -0.39 is 5.97 Å². The Balaban J connectivity index is 1.73. The van der Waals surface area contributed by atoms with Crippen molar-refractivity contribution < 1.29 is 14.3 Å². The largest absolute Gasteiger partial charge is 0.482 e. The van der Waals surface area contributed by atoms with E-state index in [1.165, 1.54) is 17.3 Å². The van der Waals surface area contributed by atoms with Crippen LogP contribution in [0, 0.1) is 0 Å². The monoisotopic (exact) mass is 267 g/mol. The fourth-order valence-corrected chi connectivity index (χ4v) is 1.28. The molecule has 0 aliphatic carbocycles. The second kappa shape index (κ2) is 6.02. The van der Waals surface area contributed by atoms with Crippen LogP contribution in [0.2, 0.25) is 5.02 Å². The smallest absolute Gasteiger partial charge is 0.345 e. The van der Waals surface area contributed by atoms with Crippen molar-refractivity contribution in [3.8, 4) is 5.75 Å². The Hall–Kier alpha value is -2.08. The van der Waals surface area contributed by atoms with Crippen molar-refractivity contribution >= 4 is 17.6 Å². The molecule has 0 unspecified atom stereocenters. The maximum Gasteiger partial charge on any atom is 0.345 e. The summed E-state index contributed by atoms with van der Waals surface area (Å²) < 4.78 is 11.5. The van der Waals surface area contributed by atoms with Gasteiger partial charge in [-0.3, -0.25) is 0 Å². The number of hydrogen-bond donors (Lipinski definition) is 0. The van der Waals surface area contributed by atoms with Crippen LogP contribution < -0.4 is 4.74 Å². The minimum Gasteiger partial charge on any atom is -0.482 e. The third kappa shape index (κ3) is 3.74. The van der Waals surface area contributed by atoms with E-state index in [1.54, 1.807) is 24.3 Å². The predicted molar refractivity (Wildman–Crippen MR) is 63.1 cm³/mol. The van der Waals surface area contributed by atoms with Gasteiger partial charge in [-0.15, -0.1) is 0 Å². The van der Waals surface area contributed by atoms with E-state index in [4.69, 9.17) is 21.1 Å². The van der Waals surface area contributed by atoms with Gasteiger partial charge < -0.3 is 9.47 Å². The molecule has 0 radical (unpaired) electrons. The summed E-state index contributed by atoms with van der Waals surface area (Å²) in [6.45, 7) is -0.154. The van der Waals surface area contributed by atoms with Gasteiger partial charge in [0.25, 0.3) is 0 Å².